The number of hydrogen-bond acceptors (Lipinski definition) is 3. The second kappa shape index (κ2) is 5.96. The van der Waals surface area contributed by atoms with Crippen LogP contribution in [0.15, 0.2) is 24.3 Å². The van der Waals surface area contributed by atoms with E-state index in [4.69, 9.17) is 0 Å². The van der Waals surface area contributed by atoms with Crippen LogP contribution in [-0.4, -0.2) is 35.5 Å². The third kappa shape index (κ3) is 2.34. The number of amides is 1. The molecule has 2 heterocycles. The van der Waals surface area contributed by atoms with Crippen molar-refractivity contribution in [1.29, 1.82) is 0 Å². The number of hydrogen-bond donors (Lipinski definition) is 1. The Balaban J connectivity index is 0.00000147. The Morgan fingerprint density at radius 3 is 2.90 bits per heavy atom. The van der Waals surface area contributed by atoms with E-state index in [9.17, 15) is 4.79 Å². The minimum absolute atomic E-state index is 0. The lowest BCUT2D eigenvalue weighted by Crippen LogP contribution is -2.51. The normalized spacial score (nSPS) is 26.8. The second-order valence-electron chi connectivity index (χ2n) is 5.49. The largest absolute Gasteiger partial charge is 0.325 e. The molecule has 2 aliphatic rings. The highest BCUT2D eigenvalue weighted by Gasteiger charge is 2.49. The zero-order valence-electron chi connectivity index (χ0n) is 11.9. The van der Waals surface area contributed by atoms with Gasteiger partial charge < -0.3 is 5.32 Å². The first-order valence-electron chi connectivity index (χ1n) is 6.85. The molecule has 1 aromatic carbocycles. The van der Waals surface area contributed by atoms with Gasteiger partial charge in [-0.15, -0.1) is 24.2 Å². The monoisotopic (exact) mass is 312 g/mol. The highest BCUT2D eigenvalue weighted by atomic mass is 35.5. The maximum Gasteiger partial charge on any atom is 0.236 e. The van der Waals surface area contributed by atoms with Gasteiger partial charge in [0.1, 0.15) is 0 Å². The predicted molar refractivity (Wildman–Crippen MR) is 87.8 cm³/mol. The van der Waals surface area contributed by atoms with Crippen molar-refractivity contribution in [3.63, 3.8) is 0 Å². The van der Waals surface area contributed by atoms with Crippen LogP contribution in [0.5, 0.6) is 0 Å². The van der Waals surface area contributed by atoms with Gasteiger partial charge in [-0.1, -0.05) is 18.2 Å². The fourth-order valence-corrected chi connectivity index (χ4v) is 3.81. The molecule has 3 rings (SSSR count). The summed E-state index contributed by atoms with van der Waals surface area (Å²) in [5.74, 6) is 0.187. The van der Waals surface area contributed by atoms with E-state index in [1.165, 1.54) is 5.56 Å². The second-order valence-corrected chi connectivity index (χ2v) is 6.64. The first-order valence-corrected chi connectivity index (χ1v) is 8.14. The molecular weight excluding hydrogens is 292 g/mol. The number of fused-ring (bicyclic) bond motifs is 2. The number of carbonyl (C=O) groups is 1. The predicted octanol–water partition coefficient (Wildman–Crippen LogP) is 3.10. The van der Waals surface area contributed by atoms with Crippen molar-refractivity contribution in [2.24, 2.45) is 0 Å². The standard InChI is InChI=1S/C15H20N2OS.ClH/c1-11(19-2)17-9-5-8-15(10-17)12-6-3-4-7-13(12)16-14(15)18;/h3-4,6-7,11H,5,8-10H2,1-2H3,(H,16,18);1H. The molecule has 1 fully saturated rings. The molecule has 1 N–H and O–H groups in total. The van der Waals surface area contributed by atoms with Gasteiger partial charge in [0, 0.05) is 12.2 Å². The van der Waals surface area contributed by atoms with Gasteiger partial charge in [-0.05, 0) is 44.2 Å². The van der Waals surface area contributed by atoms with Crippen molar-refractivity contribution in [2.75, 3.05) is 24.7 Å². The van der Waals surface area contributed by atoms with Gasteiger partial charge in [-0.25, -0.2) is 0 Å². The molecule has 1 spiro atoms. The van der Waals surface area contributed by atoms with E-state index in [1.807, 2.05) is 30.0 Å². The molecule has 0 aromatic heterocycles. The van der Waals surface area contributed by atoms with Gasteiger partial charge in [0.05, 0.1) is 10.8 Å². The highest BCUT2D eigenvalue weighted by Crippen LogP contribution is 2.44. The molecule has 110 valence electrons. The fourth-order valence-electron chi connectivity index (χ4n) is 3.33. The summed E-state index contributed by atoms with van der Waals surface area (Å²) in [5.41, 5.74) is 1.88. The summed E-state index contributed by atoms with van der Waals surface area (Å²) in [7, 11) is 0. The molecule has 0 aliphatic carbocycles. The summed E-state index contributed by atoms with van der Waals surface area (Å²) in [6, 6.07) is 8.15. The molecule has 2 aliphatic heterocycles. The van der Waals surface area contributed by atoms with E-state index < -0.39 is 0 Å². The Kier molecular flexibility index (Phi) is 4.67. The topological polar surface area (TPSA) is 32.3 Å². The van der Waals surface area contributed by atoms with Gasteiger partial charge in [0.25, 0.3) is 0 Å². The van der Waals surface area contributed by atoms with Crippen molar-refractivity contribution in [3.8, 4) is 0 Å². The SMILES string of the molecule is CSC(C)N1CCCC2(C1)C(=O)Nc1ccccc12.Cl. The average molecular weight is 313 g/mol. The fraction of sp³-hybridized carbons (Fsp3) is 0.533. The van der Waals surface area contributed by atoms with Crippen molar-refractivity contribution in [3.05, 3.63) is 29.8 Å². The van der Waals surface area contributed by atoms with E-state index in [0.717, 1.165) is 31.6 Å². The van der Waals surface area contributed by atoms with Crippen molar-refractivity contribution in [1.82, 2.24) is 4.90 Å². The average Bonchev–Trinajstić information content (AvgIpc) is 2.71. The van der Waals surface area contributed by atoms with Gasteiger partial charge in [-0.3, -0.25) is 9.69 Å². The van der Waals surface area contributed by atoms with Gasteiger partial charge in [0.2, 0.25) is 5.91 Å². The van der Waals surface area contributed by atoms with Crippen molar-refractivity contribution < 1.29 is 4.79 Å². The Morgan fingerprint density at radius 2 is 2.15 bits per heavy atom. The minimum Gasteiger partial charge on any atom is -0.325 e. The molecule has 3 nitrogen and oxygen atoms in total. The summed E-state index contributed by atoms with van der Waals surface area (Å²) in [4.78, 5) is 15.0. The quantitative estimate of drug-likeness (QED) is 0.910. The molecule has 0 radical (unpaired) electrons. The number of carbonyl (C=O) groups excluding carboxylic acids is 1. The van der Waals surface area contributed by atoms with E-state index in [2.05, 4.69) is 29.5 Å². The smallest absolute Gasteiger partial charge is 0.236 e. The number of piperidine rings is 1. The van der Waals surface area contributed by atoms with Crippen LogP contribution in [0.1, 0.15) is 25.3 Å². The van der Waals surface area contributed by atoms with Gasteiger partial charge in [0.15, 0.2) is 0 Å². The van der Waals surface area contributed by atoms with Crippen LogP contribution < -0.4 is 5.32 Å². The van der Waals surface area contributed by atoms with E-state index in [0.29, 0.717) is 5.37 Å². The highest BCUT2D eigenvalue weighted by molar-refractivity contribution is 7.99. The van der Waals surface area contributed by atoms with Crippen LogP contribution in [-0.2, 0) is 10.2 Å². The molecule has 2 atom stereocenters. The Morgan fingerprint density at radius 1 is 1.40 bits per heavy atom. The number of nitrogens with zero attached hydrogens (tertiary/aromatic N) is 1. The number of nitrogens with one attached hydrogen (secondary N) is 1. The first-order chi connectivity index (χ1) is 9.17. The number of halogens is 1. The Labute approximate surface area is 130 Å². The summed E-state index contributed by atoms with van der Waals surface area (Å²) in [5, 5.41) is 3.53. The molecular formula is C15H21ClN2OS. The third-order valence-electron chi connectivity index (χ3n) is 4.50. The number of anilines is 1. The lowest BCUT2D eigenvalue weighted by molar-refractivity contribution is -0.122. The molecule has 2 unspecified atom stereocenters. The van der Waals surface area contributed by atoms with Crippen LogP contribution in [0.25, 0.3) is 0 Å². The Hall–Kier alpha value is -0.710. The molecule has 1 amide bonds. The number of rotatable bonds is 2. The summed E-state index contributed by atoms with van der Waals surface area (Å²) in [6.07, 6.45) is 4.19. The zero-order valence-corrected chi connectivity index (χ0v) is 13.5. The van der Waals surface area contributed by atoms with E-state index in [-0.39, 0.29) is 23.7 Å². The summed E-state index contributed by atoms with van der Waals surface area (Å²) < 4.78 is 0. The van der Waals surface area contributed by atoms with Crippen LogP contribution >= 0.6 is 24.2 Å². The number of para-hydroxylation sites is 1. The maximum absolute atomic E-state index is 12.5. The number of benzene rings is 1. The molecule has 5 heteroatoms. The summed E-state index contributed by atoms with van der Waals surface area (Å²) >= 11 is 1.85. The molecule has 1 saturated heterocycles. The number of thioether (sulfide) groups is 1. The third-order valence-corrected chi connectivity index (χ3v) is 5.48. The van der Waals surface area contributed by atoms with Gasteiger partial charge >= 0.3 is 0 Å². The molecule has 0 saturated carbocycles. The van der Waals surface area contributed by atoms with Crippen LogP contribution in [0, 0.1) is 0 Å². The van der Waals surface area contributed by atoms with Crippen LogP contribution in [0.3, 0.4) is 0 Å². The van der Waals surface area contributed by atoms with Crippen molar-refractivity contribution in [2.45, 2.75) is 30.6 Å². The maximum atomic E-state index is 12.5. The zero-order chi connectivity index (χ0) is 13.5. The van der Waals surface area contributed by atoms with Crippen LogP contribution in [0.2, 0.25) is 0 Å². The number of likely N-dealkylation sites (tertiary alicyclic amines) is 1. The lowest BCUT2D eigenvalue weighted by Gasteiger charge is -2.41. The van der Waals surface area contributed by atoms with E-state index >= 15 is 0 Å². The minimum atomic E-state index is -0.321. The molecule has 1 aromatic rings. The van der Waals surface area contributed by atoms with Crippen LogP contribution in [0.4, 0.5) is 5.69 Å². The van der Waals surface area contributed by atoms with Crippen molar-refractivity contribution >= 4 is 35.8 Å². The lowest BCUT2D eigenvalue weighted by atomic mass is 9.75. The first kappa shape index (κ1) is 15.7. The Bertz CT molecular complexity index is 510. The van der Waals surface area contributed by atoms with E-state index in [1.54, 1.807) is 0 Å². The molecule has 0 bridgehead atoms. The molecule has 20 heavy (non-hydrogen) atoms. The van der Waals surface area contributed by atoms with Gasteiger partial charge in [-0.2, -0.15) is 0 Å². The summed E-state index contributed by atoms with van der Waals surface area (Å²) in [6.45, 7) is 4.17.